The molecule has 6 heteroatoms. The minimum atomic E-state index is -1.14. The van der Waals surface area contributed by atoms with Crippen molar-refractivity contribution in [2.75, 3.05) is 7.11 Å². The second-order valence-corrected chi connectivity index (χ2v) is 10.3. The summed E-state index contributed by atoms with van der Waals surface area (Å²) < 4.78 is 11.3. The fraction of sp³-hybridized carbons (Fsp3) is 0.367. The number of ether oxygens (including phenoxy) is 2. The van der Waals surface area contributed by atoms with Crippen LogP contribution in [0.4, 0.5) is 5.69 Å². The number of hydrogen-bond acceptors (Lipinski definition) is 5. The second-order valence-electron chi connectivity index (χ2n) is 10.3. The first-order valence-corrected chi connectivity index (χ1v) is 12.0. The molecule has 0 heterocycles. The summed E-state index contributed by atoms with van der Waals surface area (Å²) in [5.41, 5.74) is 7.57. The Bertz CT molecular complexity index is 1330. The molecule has 3 aromatic carbocycles. The minimum absolute atomic E-state index is 0.0789. The number of rotatable bonds is 6. The van der Waals surface area contributed by atoms with Crippen LogP contribution in [0.3, 0.4) is 0 Å². The summed E-state index contributed by atoms with van der Waals surface area (Å²) in [5.74, 6) is -0.609. The van der Waals surface area contributed by atoms with Crippen molar-refractivity contribution in [3.05, 3.63) is 86.0 Å². The number of hydrogen-bond donors (Lipinski definition) is 0. The highest BCUT2D eigenvalue weighted by atomic mass is 16.6. The smallest absolute Gasteiger partial charge is 0.339 e. The summed E-state index contributed by atoms with van der Waals surface area (Å²) in [7, 11) is 1.29. The highest BCUT2D eigenvalue weighted by molar-refractivity contribution is 5.90. The molecule has 0 N–H and O–H groups in total. The van der Waals surface area contributed by atoms with Gasteiger partial charge in [-0.25, -0.2) is 4.79 Å². The van der Waals surface area contributed by atoms with Crippen molar-refractivity contribution < 1.29 is 19.2 Å². The first-order valence-electron chi connectivity index (χ1n) is 12.0. The zero-order valence-corrected chi connectivity index (χ0v) is 22.6. The lowest BCUT2D eigenvalue weighted by atomic mass is 9.84. The Morgan fingerprint density at radius 2 is 1.33 bits per heavy atom. The van der Waals surface area contributed by atoms with Crippen LogP contribution < -0.4 is 0 Å². The van der Waals surface area contributed by atoms with E-state index in [1.54, 1.807) is 0 Å². The standard InChI is InChI=1S/C30H35NO5/c1-17-10-12-22(14-19(17)3)26-21(5)27(23-13-11-18(2)20(4)15-23)25(31(33)34)16-24(26)28(29(32)35-9)36-30(6,7)8/h10-16,28H,1-9H3. The van der Waals surface area contributed by atoms with Crippen LogP contribution in [0.2, 0.25) is 0 Å². The van der Waals surface area contributed by atoms with Crippen LogP contribution >= 0.6 is 0 Å². The van der Waals surface area contributed by atoms with Gasteiger partial charge in [-0.1, -0.05) is 36.4 Å². The monoisotopic (exact) mass is 489 g/mol. The minimum Gasteiger partial charge on any atom is -0.467 e. The molecular weight excluding hydrogens is 454 g/mol. The van der Waals surface area contributed by atoms with Gasteiger partial charge < -0.3 is 9.47 Å². The van der Waals surface area contributed by atoms with E-state index in [1.165, 1.54) is 13.2 Å². The topological polar surface area (TPSA) is 78.7 Å². The third-order valence-corrected chi connectivity index (χ3v) is 6.54. The maximum absolute atomic E-state index is 13.0. The second kappa shape index (κ2) is 10.2. The number of nitro groups is 1. The summed E-state index contributed by atoms with van der Waals surface area (Å²) in [6.45, 7) is 15.4. The molecule has 3 rings (SSSR count). The third kappa shape index (κ3) is 5.49. The number of benzene rings is 3. The van der Waals surface area contributed by atoms with Crippen LogP contribution in [-0.2, 0) is 14.3 Å². The van der Waals surface area contributed by atoms with Gasteiger partial charge in [-0.05, 0) is 99.9 Å². The van der Waals surface area contributed by atoms with Gasteiger partial charge in [0.05, 0.1) is 23.2 Å². The number of methoxy groups -OCH3 is 1. The molecule has 36 heavy (non-hydrogen) atoms. The van der Waals surface area contributed by atoms with E-state index < -0.39 is 22.6 Å². The van der Waals surface area contributed by atoms with Crippen molar-refractivity contribution in [1.82, 2.24) is 0 Å². The maximum atomic E-state index is 13.0. The molecule has 0 aromatic heterocycles. The van der Waals surface area contributed by atoms with E-state index in [9.17, 15) is 14.9 Å². The number of nitrogens with zero attached hydrogens (tertiary/aromatic N) is 1. The average Bonchev–Trinajstić information content (AvgIpc) is 2.79. The van der Waals surface area contributed by atoms with E-state index in [2.05, 4.69) is 0 Å². The predicted molar refractivity (Wildman–Crippen MR) is 143 cm³/mol. The lowest BCUT2D eigenvalue weighted by Gasteiger charge is -2.29. The molecule has 3 aromatic rings. The number of aryl methyl sites for hydroxylation is 4. The van der Waals surface area contributed by atoms with Crippen LogP contribution in [0.15, 0.2) is 42.5 Å². The molecule has 0 saturated heterocycles. The van der Waals surface area contributed by atoms with Gasteiger partial charge in [-0.2, -0.15) is 0 Å². The van der Waals surface area contributed by atoms with E-state index in [-0.39, 0.29) is 5.69 Å². The van der Waals surface area contributed by atoms with Gasteiger partial charge in [0.1, 0.15) is 0 Å². The summed E-state index contributed by atoms with van der Waals surface area (Å²) in [6.07, 6.45) is -1.14. The number of carbonyl (C=O) groups is 1. The van der Waals surface area contributed by atoms with Crippen LogP contribution in [0.5, 0.6) is 0 Å². The molecule has 0 aliphatic rings. The molecular formula is C30H35NO5. The summed E-state index contributed by atoms with van der Waals surface area (Å²) in [6, 6.07) is 13.4. The Balaban J connectivity index is 2.49. The van der Waals surface area contributed by atoms with Gasteiger partial charge in [0.2, 0.25) is 0 Å². The Kier molecular flexibility index (Phi) is 7.70. The zero-order valence-electron chi connectivity index (χ0n) is 22.6. The van der Waals surface area contributed by atoms with Crippen LogP contribution in [0.1, 0.15) is 60.3 Å². The Morgan fingerprint density at radius 3 is 1.75 bits per heavy atom. The lowest BCUT2D eigenvalue weighted by molar-refractivity contribution is -0.384. The number of esters is 1. The summed E-state index contributed by atoms with van der Waals surface area (Å²) >= 11 is 0. The van der Waals surface area contributed by atoms with Crippen molar-refractivity contribution in [3.8, 4) is 22.3 Å². The molecule has 0 bridgehead atoms. The molecule has 1 atom stereocenters. The highest BCUT2D eigenvalue weighted by Crippen LogP contribution is 2.45. The summed E-state index contributed by atoms with van der Waals surface area (Å²) in [5, 5.41) is 12.4. The van der Waals surface area contributed by atoms with Gasteiger partial charge in [-0.3, -0.25) is 10.1 Å². The molecule has 190 valence electrons. The quantitative estimate of drug-likeness (QED) is 0.203. The van der Waals surface area contributed by atoms with Gasteiger partial charge >= 0.3 is 5.97 Å². The Morgan fingerprint density at radius 1 is 0.833 bits per heavy atom. The molecule has 0 radical (unpaired) electrons. The van der Waals surface area contributed by atoms with Gasteiger partial charge in [-0.15, -0.1) is 0 Å². The predicted octanol–water partition coefficient (Wildman–Crippen LogP) is 7.50. The van der Waals surface area contributed by atoms with Gasteiger partial charge in [0.15, 0.2) is 6.10 Å². The highest BCUT2D eigenvalue weighted by Gasteiger charge is 2.34. The molecule has 0 spiro atoms. The van der Waals surface area contributed by atoms with Gasteiger partial charge in [0.25, 0.3) is 5.69 Å². The molecule has 0 aliphatic heterocycles. The van der Waals surface area contributed by atoms with E-state index in [4.69, 9.17) is 9.47 Å². The van der Waals surface area contributed by atoms with Crippen LogP contribution in [-0.4, -0.2) is 23.6 Å². The van der Waals surface area contributed by atoms with E-state index >= 15 is 0 Å². The maximum Gasteiger partial charge on any atom is 0.339 e. The summed E-state index contributed by atoms with van der Waals surface area (Å²) in [4.78, 5) is 25.0. The Hall–Kier alpha value is -3.51. The number of nitro benzene ring substituents is 1. The molecule has 0 saturated carbocycles. The fourth-order valence-electron chi connectivity index (χ4n) is 4.42. The normalized spacial score (nSPS) is 12.4. The molecule has 0 fully saturated rings. The van der Waals surface area contributed by atoms with Crippen molar-refractivity contribution in [3.63, 3.8) is 0 Å². The van der Waals surface area contributed by atoms with E-state index in [0.29, 0.717) is 16.7 Å². The zero-order chi connectivity index (χ0) is 26.9. The van der Waals surface area contributed by atoms with Crippen molar-refractivity contribution in [1.29, 1.82) is 0 Å². The average molecular weight is 490 g/mol. The molecule has 0 amide bonds. The fourth-order valence-corrected chi connectivity index (χ4v) is 4.42. The van der Waals surface area contributed by atoms with E-state index in [1.807, 2.05) is 91.8 Å². The largest absolute Gasteiger partial charge is 0.467 e. The molecule has 1 unspecified atom stereocenters. The van der Waals surface area contributed by atoms with Crippen molar-refractivity contribution in [2.24, 2.45) is 0 Å². The first-order chi connectivity index (χ1) is 16.7. The van der Waals surface area contributed by atoms with Crippen LogP contribution in [0.25, 0.3) is 22.3 Å². The van der Waals surface area contributed by atoms with Gasteiger partial charge in [0, 0.05) is 11.6 Å². The lowest BCUT2D eigenvalue weighted by Crippen LogP contribution is -2.29. The third-order valence-electron chi connectivity index (χ3n) is 6.54. The molecule has 0 aliphatic carbocycles. The number of carbonyl (C=O) groups excluding carboxylic acids is 1. The van der Waals surface area contributed by atoms with Crippen molar-refractivity contribution in [2.45, 2.75) is 67.1 Å². The van der Waals surface area contributed by atoms with Crippen LogP contribution in [0, 0.1) is 44.7 Å². The first kappa shape index (κ1) is 27.1. The SMILES string of the molecule is COC(=O)C(OC(C)(C)C)c1cc([N+](=O)[O-])c(-c2ccc(C)c(C)c2)c(C)c1-c1ccc(C)c(C)c1. The Labute approximate surface area is 213 Å². The van der Waals surface area contributed by atoms with E-state index in [0.717, 1.165) is 38.9 Å². The molecule has 6 nitrogen and oxygen atoms in total. The van der Waals surface area contributed by atoms with Crippen molar-refractivity contribution >= 4 is 11.7 Å².